The van der Waals surface area contributed by atoms with Gasteiger partial charge in [-0.25, -0.2) is 0 Å². The van der Waals surface area contributed by atoms with Crippen molar-refractivity contribution >= 4 is 0 Å². The zero-order valence-corrected chi connectivity index (χ0v) is 10.5. The molecule has 2 N–H and O–H groups in total. The quantitative estimate of drug-likeness (QED) is 0.636. The van der Waals surface area contributed by atoms with E-state index in [1.54, 1.807) is 0 Å². The standard InChI is InChI=1S/C13H28N2/c1-3-9-15(11-13-6-7-13)10-12(2)5-4-8-14/h12-13H,3-11,14H2,1-2H3. The molecule has 0 heterocycles. The van der Waals surface area contributed by atoms with Crippen molar-refractivity contribution in [3.63, 3.8) is 0 Å². The SMILES string of the molecule is CCCN(CC(C)CCCN)CC1CC1. The van der Waals surface area contributed by atoms with Crippen LogP contribution in [0.3, 0.4) is 0 Å². The van der Waals surface area contributed by atoms with Gasteiger partial charge >= 0.3 is 0 Å². The Kier molecular flexibility index (Phi) is 6.26. The van der Waals surface area contributed by atoms with Gasteiger partial charge in [0, 0.05) is 13.1 Å². The summed E-state index contributed by atoms with van der Waals surface area (Å²) >= 11 is 0. The number of nitrogens with two attached hydrogens (primary N) is 1. The molecular formula is C13H28N2. The fraction of sp³-hybridized carbons (Fsp3) is 1.00. The Labute approximate surface area is 95.2 Å². The average Bonchev–Trinajstić information content (AvgIpc) is 2.99. The Morgan fingerprint density at radius 3 is 2.67 bits per heavy atom. The van der Waals surface area contributed by atoms with Crippen LogP contribution in [-0.4, -0.2) is 31.1 Å². The molecule has 0 saturated heterocycles. The maximum absolute atomic E-state index is 5.54. The van der Waals surface area contributed by atoms with E-state index in [1.165, 1.54) is 51.7 Å². The van der Waals surface area contributed by atoms with E-state index in [-0.39, 0.29) is 0 Å². The first-order valence-electron chi connectivity index (χ1n) is 6.68. The lowest BCUT2D eigenvalue weighted by atomic mass is 10.0. The summed E-state index contributed by atoms with van der Waals surface area (Å²) in [7, 11) is 0. The normalized spacial score (nSPS) is 18.4. The van der Waals surface area contributed by atoms with Crippen LogP contribution in [0.15, 0.2) is 0 Å². The molecule has 15 heavy (non-hydrogen) atoms. The van der Waals surface area contributed by atoms with E-state index in [2.05, 4.69) is 18.7 Å². The lowest BCUT2D eigenvalue weighted by Crippen LogP contribution is -2.31. The van der Waals surface area contributed by atoms with Gasteiger partial charge in [0.15, 0.2) is 0 Å². The Balaban J connectivity index is 2.15. The minimum absolute atomic E-state index is 0.818. The topological polar surface area (TPSA) is 29.3 Å². The van der Waals surface area contributed by atoms with Crippen LogP contribution in [0.2, 0.25) is 0 Å². The molecule has 1 fully saturated rings. The highest BCUT2D eigenvalue weighted by molar-refractivity contribution is 4.78. The van der Waals surface area contributed by atoms with E-state index in [0.717, 1.165) is 18.4 Å². The fourth-order valence-electron chi connectivity index (χ4n) is 2.24. The first kappa shape index (κ1) is 13.0. The van der Waals surface area contributed by atoms with Gasteiger partial charge in [-0.15, -0.1) is 0 Å². The smallest absolute Gasteiger partial charge is 0.000977 e. The van der Waals surface area contributed by atoms with Crippen LogP contribution < -0.4 is 5.73 Å². The van der Waals surface area contributed by atoms with Crippen molar-refractivity contribution in [1.29, 1.82) is 0 Å². The summed E-state index contributed by atoms with van der Waals surface area (Å²) < 4.78 is 0. The van der Waals surface area contributed by atoms with Crippen molar-refractivity contribution in [1.82, 2.24) is 4.90 Å². The summed E-state index contributed by atoms with van der Waals surface area (Å²) in [6, 6.07) is 0. The molecule has 0 aliphatic heterocycles. The van der Waals surface area contributed by atoms with Crippen LogP contribution in [0.5, 0.6) is 0 Å². The molecule has 0 amide bonds. The molecule has 1 aliphatic rings. The number of hydrogen-bond acceptors (Lipinski definition) is 2. The van der Waals surface area contributed by atoms with Crippen LogP contribution in [0, 0.1) is 11.8 Å². The van der Waals surface area contributed by atoms with E-state index < -0.39 is 0 Å². The van der Waals surface area contributed by atoms with Gasteiger partial charge in [0.1, 0.15) is 0 Å². The molecule has 1 saturated carbocycles. The summed E-state index contributed by atoms with van der Waals surface area (Å²) in [5.74, 6) is 1.84. The van der Waals surface area contributed by atoms with Crippen molar-refractivity contribution in [2.24, 2.45) is 17.6 Å². The maximum atomic E-state index is 5.54. The summed E-state index contributed by atoms with van der Waals surface area (Å²) in [5.41, 5.74) is 5.54. The lowest BCUT2D eigenvalue weighted by Gasteiger charge is -2.25. The van der Waals surface area contributed by atoms with Crippen LogP contribution in [0.1, 0.15) is 46.0 Å². The highest BCUT2D eigenvalue weighted by Gasteiger charge is 2.24. The first-order chi connectivity index (χ1) is 7.26. The van der Waals surface area contributed by atoms with Gasteiger partial charge in [0.05, 0.1) is 0 Å². The van der Waals surface area contributed by atoms with Crippen LogP contribution in [0.4, 0.5) is 0 Å². The van der Waals surface area contributed by atoms with Crippen molar-refractivity contribution < 1.29 is 0 Å². The molecule has 2 heteroatoms. The largest absolute Gasteiger partial charge is 0.330 e. The second kappa shape index (κ2) is 7.24. The van der Waals surface area contributed by atoms with E-state index in [1.807, 2.05) is 0 Å². The highest BCUT2D eigenvalue weighted by atomic mass is 15.1. The van der Waals surface area contributed by atoms with Crippen molar-refractivity contribution in [2.75, 3.05) is 26.2 Å². The third kappa shape index (κ3) is 6.16. The van der Waals surface area contributed by atoms with E-state index >= 15 is 0 Å². The molecule has 0 spiro atoms. The predicted octanol–water partition coefficient (Wildman–Crippen LogP) is 2.48. The minimum atomic E-state index is 0.818. The molecule has 1 atom stereocenters. The van der Waals surface area contributed by atoms with Crippen LogP contribution in [0.25, 0.3) is 0 Å². The average molecular weight is 212 g/mol. The van der Waals surface area contributed by atoms with Gasteiger partial charge in [0.2, 0.25) is 0 Å². The van der Waals surface area contributed by atoms with Gasteiger partial charge in [-0.1, -0.05) is 13.8 Å². The number of rotatable bonds is 9. The van der Waals surface area contributed by atoms with Crippen molar-refractivity contribution in [2.45, 2.75) is 46.0 Å². The second-order valence-electron chi connectivity index (χ2n) is 5.24. The molecule has 1 unspecified atom stereocenters. The number of hydrogen-bond donors (Lipinski definition) is 1. The van der Waals surface area contributed by atoms with Gasteiger partial charge < -0.3 is 10.6 Å². The summed E-state index contributed by atoms with van der Waals surface area (Å²) in [5, 5.41) is 0. The van der Waals surface area contributed by atoms with Crippen molar-refractivity contribution in [3.8, 4) is 0 Å². The van der Waals surface area contributed by atoms with Gasteiger partial charge in [0.25, 0.3) is 0 Å². The Bertz CT molecular complexity index is 155. The second-order valence-corrected chi connectivity index (χ2v) is 5.24. The van der Waals surface area contributed by atoms with Gasteiger partial charge in [-0.2, -0.15) is 0 Å². The van der Waals surface area contributed by atoms with Crippen LogP contribution in [-0.2, 0) is 0 Å². The van der Waals surface area contributed by atoms with Crippen LogP contribution >= 0.6 is 0 Å². The van der Waals surface area contributed by atoms with Gasteiger partial charge in [-0.05, 0) is 57.0 Å². The summed E-state index contributed by atoms with van der Waals surface area (Å²) in [4.78, 5) is 2.67. The molecule has 0 aromatic heterocycles. The van der Waals surface area contributed by atoms with Crippen molar-refractivity contribution in [3.05, 3.63) is 0 Å². The third-order valence-corrected chi connectivity index (χ3v) is 3.22. The molecule has 0 radical (unpaired) electrons. The zero-order valence-electron chi connectivity index (χ0n) is 10.5. The molecule has 2 nitrogen and oxygen atoms in total. The monoisotopic (exact) mass is 212 g/mol. The molecule has 90 valence electrons. The Hall–Kier alpha value is -0.0800. The summed E-state index contributed by atoms with van der Waals surface area (Å²) in [6.45, 7) is 9.41. The molecule has 0 aromatic carbocycles. The molecular weight excluding hydrogens is 184 g/mol. The third-order valence-electron chi connectivity index (χ3n) is 3.22. The fourth-order valence-corrected chi connectivity index (χ4v) is 2.24. The zero-order chi connectivity index (χ0) is 11.1. The predicted molar refractivity (Wildman–Crippen MR) is 66.9 cm³/mol. The summed E-state index contributed by atoms with van der Waals surface area (Å²) in [6.07, 6.45) is 6.71. The molecule has 1 aliphatic carbocycles. The highest BCUT2D eigenvalue weighted by Crippen LogP contribution is 2.30. The molecule has 1 rings (SSSR count). The minimum Gasteiger partial charge on any atom is -0.330 e. The molecule has 0 aromatic rings. The van der Waals surface area contributed by atoms with E-state index in [0.29, 0.717) is 0 Å². The Morgan fingerprint density at radius 1 is 1.40 bits per heavy atom. The van der Waals surface area contributed by atoms with Gasteiger partial charge in [-0.3, -0.25) is 0 Å². The Morgan fingerprint density at radius 2 is 2.13 bits per heavy atom. The number of nitrogens with zero attached hydrogens (tertiary/aromatic N) is 1. The molecule has 0 bridgehead atoms. The first-order valence-corrected chi connectivity index (χ1v) is 6.68. The van der Waals surface area contributed by atoms with E-state index in [4.69, 9.17) is 5.73 Å². The lowest BCUT2D eigenvalue weighted by molar-refractivity contribution is 0.223. The maximum Gasteiger partial charge on any atom is 0.000977 e. The van der Waals surface area contributed by atoms with E-state index in [9.17, 15) is 0 Å².